The van der Waals surface area contributed by atoms with Crippen molar-refractivity contribution in [3.8, 4) is 6.07 Å². The van der Waals surface area contributed by atoms with Crippen LogP contribution in [-0.4, -0.2) is 34.9 Å². The van der Waals surface area contributed by atoms with Crippen LogP contribution in [0.3, 0.4) is 0 Å². The zero-order chi connectivity index (χ0) is 18.7. The number of nitrogens with zero attached hydrogens (tertiary/aromatic N) is 2. The molecular weight excluding hydrogens is 330 g/mol. The highest BCUT2D eigenvalue weighted by atomic mass is 16.3. The molecule has 2 aliphatic rings. The minimum atomic E-state index is -1.21. The molecule has 1 amide bonds. The van der Waals surface area contributed by atoms with Crippen LogP contribution >= 0.6 is 0 Å². The predicted octanol–water partition coefficient (Wildman–Crippen LogP) is 0.683. The molecule has 0 spiro atoms. The summed E-state index contributed by atoms with van der Waals surface area (Å²) in [6.45, 7) is 2.51. The van der Waals surface area contributed by atoms with Gasteiger partial charge in [-0.3, -0.25) is 15.0 Å². The lowest BCUT2D eigenvalue weighted by Crippen LogP contribution is -2.67. The molecule has 2 heterocycles. The number of carbonyl (C=O) groups excluding carboxylic acids is 1. The van der Waals surface area contributed by atoms with Gasteiger partial charge in [-0.15, -0.1) is 0 Å². The lowest BCUT2D eigenvalue weighted by molar-refractivity contribution is -0.174. The highest BCUT2D eigenvalue weighted by Crippen LogP contribution is 2.33. The molecule has 26 heavy (non-hydrogen) atoms. The van der Waals surface area contributed by atoms with Gasteiger partial charge in [-0.05, 0) is 30.6 Å². The van der Waals surface area contributed by atoms with Crippen molar-refractivity contribution in [2.24, 2.45) is 11.7 Å². The van der Waals surface area contributed by atoms with Crippen molar-refractivity contribution in [2.45, 2.75) is 31.8 Å². The number of benzene rings is 1. The van der Waals surface area contributed by atoms with Crippen LogP contribution in [0.2, 0.25) is 0 Å². The zero-order valence-corrected chi connectivity index (χ0v) is 14.6. The quantitative estimate of drug-likeness (QED) is 0.442. The van der Waals surface area contributed by atoms with Gasteiger partial charge in [0.1, 0.15) is 6.04 Å². The van der Waals surface area contributed by atoms with E-state index < -0.39 is 18.3 Å². The molecule has 0 bridgehead atoms. The van der Waals surface area contributed by atoms with Gasteiger partial charge in [-0.25, -0.2) is 0 Å². The normalized spacial score (nSPS) is 24.5. The summed E-state index contributed by atoms with van der Waals surface area (Å²) in [6, 6.07) is 10.9. The molecule has 0 aliphatic carbocycles. The number of dihydropyridines is 1. The summed E-state index contributed by atoms with van der Waals surface area (Å²) in [5, 5.41) is 25.8. The molecule has 7 heteroatoms. The number of amides is 1. The summed E-state index contributed by atoms with van der Waals surface area (Å²) in [7, 11) is 0. The van der Waals surface area contributed by atoms with Crippen molar-refractivity contribution in [3.05, 3.63) is 59.4 Å². The number of β-lactam (4-membered cyclic amide) rings is 1. The predicted molar refractivity (Wildman–Crippen MR) is 96.7 cm³/mol. The van der Waals surface area contributed by atoms with E-state index in [4.69, 9.17) is 5.73 Å². The lowest BCUT2D eigenvalue weighted by atomic mass is 9.82. The molecule has 4 atom stereocenters. The molecule has 136 valence electrons. The van der Waals surface area contributed by atoms with E-state index in [0.29, 0.717) is 18.8 Å². The number of nitrogens with two attached hydrogens (primary N) is 1. The topological polar surface area (TPSA) is 114 Å². The minimum absolute atomic E-state index is 0.160. The van der Waals surface area contributed by atoms with Gasteiger partial charge in [0.2, 0.25) is 5.91 Å². The Labute approximate surface area is 152 Å². The Morgan fingerprint density at radius 1 is 1.46 bits per heavy atom. The van der Waals surface area contributed by atoms with Gasteiger partial charge >= 0.3 is 0 Å². The molecule has 0 aromatic heterocycles. The third-order valence-corrected chi connectivity index (χ3v) is 4.81. The van der Waals surface area contributed by atoms with Crippen LogP contribution in [-0.2, 0) is 4.79 Å². The van der Waals surface area contributed by atoms with Gasteiger partial charge in [0, 0.05) is 12.6 Å². The standard InChI is InChI=1S/C19H23N5O2/c1-12(14-5-3-2-4-6-14)23-19(26)24-16(11-20)15(18(24)25)9-13-7-8-22-17(21)10-13/h2-7,10,12,15-16,19,22-23,26H,8-9,21H2,1H3/t12?,15-,16?,19?/m1/s1. The molecule has 5 N–H and O–H groups in total. The van der Waals surface area contributed by atoms with E-state index in [1.54, 1.807) is 6.08 Å². The number of nitrogens with one attached hydrogen (secondary N) is 2. The Bertz CT molecular complexity index is 768. The van der Waals surface area contributed by atoms with E-state index in [0.717, 1.165) is 11.1 Å². The van der Waals surface area contributed by atoms with Crippen LogP contribution in [0, 0.1) is 17.2 Å². The fourth-order valence-corrected chi connectivity index (χ4v) is 3.35. The summed E-state index contributed by atoms with van der Waals surface area (Å²) in [4.78, 5) is 13.7. The molecule has 3 rings (SSSR count). The highest BCUT2D eigenvalue weighted by molar-refractivity contribution is 5.87. The first-order chi connectivity index (χ1) is 12.5. The Morgan fingerprint density at radius 3 is 2.85 bits per heavy atom. The van der Waals surface area contributed by atoms with Crippen molar-refractivity contribution in [3.63, 3.8) is 0 Å². The first-order valence-electron chi connectivity index (χ1n) is 8.62. The third-order valence-electron chi connectivity index (χ3n) is 4.81. The Morgan fingerprint density at radius 2 is 2.19 bits per heavy atom. The second kappa shape index (κ2) is 7.60. The number of carbonyl (C=O) groups is 1. The van der Waals surface area contributed by atoms with Gasteiger partial charge < -0.3 is 16.2 Å². The van der Waals surface area contributed by atoms with Crippen molar-refractivity contribution in [1.82, 2.24) is 15.5 Å². The second-order valence-corrected chi connectivity index (χ2v) is 6.56. The number of hydrogen-bond donors (Lipinski definition) is 4. The maximum absolute atomic E-state index is 12.5. The van der Waals surface area contributed by atoms with E-state index in [9.17, 15) is 15.2 Å². The van der Waals surface area contributed by atoms with E-state index in [2.05, 4.69) is 16.7 Å². The molecule has 1 fully saturated rings. The SMILES string of the molecule is CC(NC(O)N1C(=O)[C@H](CC2=CCNC(N)=C2)C1C#N)c1ccccc1. The molecular formula is C19H23N5O2. The van der Waals surface area contributed by atoms with Crippen molar-refractivity contribution >= 4 is 5.91 Å². The smallest absolute Gasteiger partial charge is 0.233 e. The van der Waals surface area contributed by atoms with Crippen molar-refractivity contribution < 1.29 is 9.90 Å². The number of rotatable bonds is 6. The van der Waals surface area contributed by atoms with E-state index in [-0.39, 0.29) is 11.9 Å². The van der Waals surface area contributed by atoms with E-state index in [1.807, 2.05) is 43.3 Å². The van der Waals surface area contributed by atoms with Crippen molar-refractivity contribution in [2.75, 3.05) is 6.54 Å². The number of aliphatic hydroxyl groups is 1. The van der Waals surface area contributed by atoms with E-state index >= 15 is 0 Å². The maximum Gasteiger partial charge on any atom is 0.233 e. The van der Waals surface area contributed by atoms with Crippen LogP contribution in [0.1, 0.15) is 24.9 Å². The van der Waals surface area contributed by atoms with Crippen LogP contribution in [0.15, 0.2) is 53.9 Å². The number of hydrogen-bond acceptors (Lipinski definition) is 6. The lowest BCUT2D eigenvalue weighted by Gasteiger charge is -2.46. The maximum atomic E-state index is 12.5. The first-order valence-corrected chi connectivity index (χ1v) is 8.62. The molecule has 1 aromatic carbocycles. The zero-order valence-electron chi connectivity index (χ0n) is 14.6. The highest BCUT2D eigenvalue weighted by Gasteiger charge is 2.50. The number of allylic oxidation sites excluding steroid dienone is 2. The van der Waals surface area contributed by atoms with E-state index in [1.165, 1.54) is 4.90 Å². The Kier molecular flexibility index (Phi) is 5.26. The summed E-state index contributed by atoms with van der Waals surface area (Å²) < 4.78 is 0. The summed E-state index contributed by atoms with van der Waals surface area (Å²) >= 11 is 0. The minimum Gasteiger partial charge on any atom is -0.386 e. The Hall–Kier alpha value is -2.82. The third kappa shape index (κ3) is 3.57. The molecule has 0 saturated carbocycles. The molecule has 1 aromatic rings. The summed E-state index contributed by atoms with van der Waals surface area (Å²) in [5.41, 5.74) is 7.67. The van der Waals surface area contributed by atoms with Crippen LogP contribution in [0.4, 0.5) is 0 Å². The number of likely N-dealkylation sites (tertiary alicyclic amines) is 1. The number of aliphatic hydroxyl groups excluding tert-OH is 1. The fourth-order valence-electron chi connectivity index (χ4n) is 3.35. The van der Waals surface area contributed by atoms with Crippen molar-refractivity contribution in [1.29, 1.82) is 5.26 Å². The van der Waals surface area contributed by atoms with Crippen LogP contribution < -0.4 is 16.4 Å². The average Bonchev–Trinajstić information content (AvgIpc) is 2.64. The Balaban J connectivity index is 1.63. The molecule has 7 nitrogen and oxygen atoms in total. The number of nitriles is 1. The van der Waals surface area contributed by atoms with Crippen LogP contribution in [0.25, 0.3) is 0 Å². The van der Waals surface area contributed by atoms with Crippen LogP contribution in [0.5, 0.6) is 0 Å². The van der Waals surface area contributed by atoms with Gasteiger partial charge in [-0.1, -0.05) is 36.4 Å². The molecule has 1 saturated heterocycles. The van der Waals surface area contributed by atoms with Gasteiger partial charge in [0.15, 0.2) is 6.35 Å². The first kappa shape index (κ1) is 18.0. The van der Waals surface area contributed by atoms with Gasteiger partial charge in [-0.2, -0.15) is 5.26 Å². The average molecular weight is 353 g/mol. The second-order valence-electron chi connectivity index (χ2n) is 6.56. The summed E-state index contributed by atoms with van der Waals surface area (Å²) in [5.74, 6) is -0.141. The van der Waals surface area contributed by atoms with Gasteiger partial charge in [0.05, 0.1) is 17.8 Å². The monoisotopic (exact) mass is 353 g/mol. The molecule has 0 radical (unpaired) electrons. The van der Waals surface area contributed by atoms with Gasteiger partial charge in [0.25, 0.3) is 0 Å². The fraction of sp³-hybridized carbons (Fsp3) is 0.368. The summed E-state index contributed by atoms with van der Waals surface area (Å²) in [6.07, 6.45) is 2.96. The molecule has 3 unspecified atom stereocenters. The molecule has 2 aliphatic heterocycles. The largest absolute Gasteiger partial charge is 0.386 e.